The lowest BCUT2D eigenvalue weighted by Gasteiger charge is -2.13. The van der Waals surface area contributed by atoms with Gasteiger partial charge in [-0.25, -0.2) is 13.2 Å². The van der Waals surface area contributed by atoms with Crippen LogP contribution < -0.4 is 10.0 Å². The molecule has 0 unspecified atom stereocenters. The molecule has 2 rings (SSSR count). The van der Waals surface area contributed by atoms with Gasteiger partial charge in [-0.05, 0) is 62.2 Å². The molecule has 0 heterocycles. The molecule has 2 aromatic rings. The Bertz CT molecular complexity index is 953. The molecule has 2 aromatic carbocycles. The number of anilines is 1. The van der Waals surface area contributed by atoms with E-state index in [9.17, 15) is 18.0 Å². The summed E-state index contributed by atoms with van der Waals surface area (Å²) in [5.41, 5.74) is 2.46. The van der Waals surface area contributed by atoms with Gasteiger partial charge in [0.2, 0.25) is 0 Å². The van der Waals surface area contributed by atoms with Crippen molar-refractivity contribution in [2.24, 2.45) is 0 Å². The zero-order chi connectivity index (χ0) is 20.2. The molecular weight excluding hydrogens is 368 g/mol. The summed E-state index contributed by atoms with van der Waals surface area (Å²) in [4.78, 5) is 23.5. The van der Waals surface area contributed by atoms with E-state index in [-0.39, 0.29) is 10.5 Å². The van der Waals surface area contributed by atoms with E-state index in [1.54, 1.807) is 12.1 Å². The van der Waals surface area contributed by atoms with Crippen LogP contribution in [0, 0.1) is 13.8 Å². The highest BCUT2D eigenvalue weighted by Gasteiger charge is 2.20. The van der Waals surface area contributed by atoms with Crippen LogP contribution in [-0.4, -0.2) is 33.4 Å². The maximum atomic E-state index is 12.6. The Labute approximate surface area is 158 Å². The fraction of sp³-hybridized carbons (Fsp3) is 0.263. The number of ether oxygens (including phenoxy) is 1. The van der Waals surface area contributed by atoms with Crippen LogP contribution in [0.2, 0.25) is 0 Å². The largest absolute Gasteiger partial charge is 0.449 e. The van der Waals surface area contributed by atoms with Gasteiger partial charge in [0.25, 0.3) is 15.9 Å². The smallest absolute Gasteiger partial charge is 0.338 e. The molecule has 0 bridgehead atoms. The van der Waals surface area contributed by atoms with E-state index in [2.05, 4.69) is 10.0 Å². The predicted molar refractivity (Wildman–Crippen MR) is 102 cm³/mol. The first-order chi connectivity index (χ1) is 12.7. The van der Waals surface area contributed by atoms with Crippen molar-refractivity contribution in [2.75, 3.05) is 11.8 Å². The fourth-order valence-corrected chi connectivity index (χ4v) is 3.44. The molecule has 1 atom stereocenters. The van der Waals surface area contributed by atoms with Crippen molar-refractivity contribution in [3.8, 4) is 0 Å². The van der Waals surface area contributed by atoms with E-state index < -0.39 is 28.0 Å². The van der Waals surface area contributed by atoms with Gasteiger partial charge in [0, 0.05) is 7.05 Å². The standard InChI is InChI=1S/C19H22N2O5S/c1-12-6-5-7-17(13(12)2)21-27(24,25)16-10-8-15(9-11-16)19(23)26-14(3)18(22)20-4/h5-11,14,21H,1-4H3,(H,20,22)/t14-/m1/s1. The number of benzene rings is 2. The number of rotatable bonds is 6. The number of likely N-dealkylation sites (N-methyl/N-ethyl adjacent to an activating group) is 1. The number of nitrogens with one attached hydrogen (secondary N) is 2. The zero-order valence-electron chi connectivity index (χ0n) is 15.6. The Balaban J connectivity index is 2.17. The lowest BCUT2D eigenvalue weighted by atomic mass is 10.1. The highest BCUT2D eigenvalue weighted by Crippen LogP contribution is 2.22. The Morgan fingerprint density at radius 2 is 1.67 bits per heavy atom. The molecule has 7 nitrogen and oxygen atoms in total. The van der Waals surface area contributed by atoms with Gasteiger partial charge >= 0.3 is 5.97 Å². The van der Waals surface area contributed by atoms with Crippen molar-refractivity contribution in [1.82, 2.24) is 5.32 Å². The van der Waals surface area contributed by atoms with Crippen LogP contribution >= 0.6 is 0 Å². The van der Waals surface area contributed by atoms with Crippen molar-refractivity contribution in [1.29, 1.82) is 0 Å². The van der Waals surface area contributed by atoms with Gasteiger partial charge in [-0.2, -0.15) is 0 Å². The minimum Gasteiger partial charge on any atom is -0.449 e. The van der Waals surface area contributed by atoms with E-state index in [0.29, 0.717) is 5.69 Å². The van der Waals surface area contributed by atoms with Gasteiger partial charge in [-0.1, -0.05) is 12.1 Å². The monoisotopic (exact) mass is 390 g/mol. The van der Waals surface area contributed by atoms with Crippen LogP contribution in [0.3, 0.4) is 0 Å². The normalized spacial score (nSPS) is 12.1. The number of aryl methyl sites for hydroxylation is 1. The van der Waals surface area contributed by atoms with Crippen LogP contribution in [0.25, 0.3) is 0 Å². The average molecular weight is 390 g/mol. The van der Waals surface area contributed by atoms with Crippen LogP contribution in [-0.2, 0) is 19.6 Å². The van der Waals surface area contributed by atoms with Crippen LogP contribution in [0.1, 0.15) is 28.4 Å². The number of amides is 1. The summed E-state index contributed by atoms with van der Waals surface area (Å²) in [6.07, 6.45) is -0.947. The quantitative estimate of drug-likeness (QED) is 0.738. The van der Waals surface area contributed by atoms with E-state index in [4.69, 9.17) is 4.74 Å². The number of hydrogen-bond acceptors (Lipinski definition) is 5. The Morgan fingerprint density at radius 3 is 2.26 bits per heavy atom. The van der Waals surface area contributed by atoms with Gasteiger partial charge in [0.1, 0.15) is 0 Å². The van der Waals surface area contributed by atoms with Gasteiger partial charge in [0.05, 0.1) is 16.1 Å². The molecule has 0 fully saturated rings. The average Bonchev–Trinajstić information content (AvgIpc) is 2.64. The number of sulfonamides is 1. The van der Waals surface area contributed by atoms with Crippen molar-refractivity contribution < 1.29 is 22.7 Å². The maximum absolute atomic E-state index is 12.6. The molecule has 0 aliphatic carbocycles. The number of esters is 1. The second-order valence-electron chi connectivity index (χ2n) is 6.04. The molecule has 0 saturated carbocycles. The molecule has 2 N–H and O–H groups in total. The molecule has 0 saturated heterocycles. The second kappa shape index (κ2) is 8.22. The van der Waals surface area contributed by atoms with Crippen LogP contribution in [0.15, 0.2) is 47.4 Å². The first-order valence-electron chi connectivity index (χ1n) is 8.27. The lowest BCUT2D eigenvalue weighted by Crippen LogP contribution is -2.33. The zero-order valence-corrected chi connectivity index (χ0v) is 16.4. The second-order valence-corrected chi connectivity index (χ2v) is 7.72. The maximum Gasteiger partial charge on any atom is 0.338 e. The minimum absolute atomic E-state index is 0.0132. The third-order valence-electron chi connectivity index (χ3n) is 4.15. The first-order valence-corrected chi connectivity index (χ1v) is 9.75. The third-order valence-corrected chi connectivity index (χ3v) is 5.53. The predicted octanol–water partition coefficient (Wildman–Crippen LogP) is 2.40. The summed E-state index contributed by atoms with van der Waals surface area (Å²) in [5, 5.41) is 2.38. The summed E-state index contributed by atoms with van der Waals surface area (Å²) in [6.45, 7) is 5.18. The highest BCUT2D eigenvalue weighted by atomic mass is 32.2. The molecule has 0 radical (unpaired) electrons. The summed E-state index contributed by atoms with van der Waals surface area (Å²) in [5.74, 6) is -1.14. The Hall–Kier alpha value is -2.87. The van der Waals surface area contributed by atoms with E-state index >= 15 is 0 Å². The summed E-state index contributed by atoms with van der Waals surface area (Å²) in [6, 6.07) is 10.7. The Kier molecular flexibility index (Phi) is 6.22. The molecule has 0 spiro atoms. The molecule has 144 valence electrons. The topological polar surface area (TPSA) is 102 Å². The molecule has 1 amide bonds. The van der Waals surface area contributed by atoms with Gasteiger partial charge in [-0.15, -0.1) is 0 Å². The molecule has 8 heteroatoms. The van der Waals surface area contributed by atoms with E-state index in [0.717, 1.165) is 11.1 Å². The van der Waals surface area contributed by atoms with E-state index in [1.165, 1.54) is 38.2 Å². The lowest BCUT2D eigenvalue weighted by molar-refractivity contribution is -0.128. The van der Waals surface area contributed by atoms with Crippen LogP contribution in [0.4, 0.5) is 5.69 Å². The van der Waals surface area contributed by atoms with Crippen molar-refractivity contribution in [2.45, 2.75) is 31.8 Å². The first kappa shape index (κ1) is 20.4. The number of carbonyl (C=O) groups is 2. The SMILES string of the molecule is CNC(=O)[C@@H](C)OC(=O)c1ccc(S(=O)(=O)Nc2cccc(C)c2C)cc1. The fourth-order valence-electron chi connectivity index (χ4n) is 2.32. The van der Waals surface area contributed by atoms with Gasteiger partial charge in [0.15, 0.2) is 6.10 Å². The number of hydrogen-bond donors (Lipinski definition) is 2. The summed E-state index contributed by atoms with van der Waals surface area (Å²) in [7, 11) is -2.36. The van der Waals surface area contributed by atoms with Crippen LogP contribution in [0.5, 0.6) is 0 Å². The molecule has 0 aliphatic rings. The highest BCUT2D eigenvalue weighted by molar-refractivity contribution is 7.92. The van der Waals surface area contributed by atoms with Crippen molar-refractivity contribution >= 4 is 27.6 Å². The van der Waals surface area contributed by atoms with Gasteiger partial charge < -0.3 is 10.1 Å². The van der Waals surface area contributed by atoms with Gasteiger partial charge in [-0.3, -0.25) is 9.52 Å². The minimum atomic E-state index is -3.80. The van der Waals surface area contributed by atoms with Crippen molar-refractivity contribution in [3.05, 3.63) is 59.2 Å². The summed E-state index contributed by atoms with van der Waals surface area (Å²) < 4.78 is 32.7. The number of carbonyl (C=O) groups excluding carboxylic acids is 2. The van der Waals surface area contributed by atoms with E-state index in [1.807, 2.05) is 19.9 Å². The molecule has 0 aromatic heterocycles. The summed E-state index contributed by atoms with van der Waals surface area (Å²) >= 11 is 0. The van der Waals surface area contributed by atoms with Crippen molar-refractivity contribution in [3.63, 3.8) is 0 Å². The molecule has 0 aliphatic heterocycles. The molecule has 27 heavy (non-hydrogen) atoms. The Morgan fingerprint density at radius 1 is 1.04 bits per heavy atom. The third kappa shape index (κ3) is 4.85. The molecular formula is C19H22N2O5S.